The lowest BCUT2D eigenvalue weighted by Gasteiger charge is -2.18. The monoisotopic (exact) mass is 478 g/mol. The van der Waals surface area contributed by atoms with E-state index in [4.69, 9.17) is 20.9 Å². The number of benzene rings is 4. The average molecular weight is 478 g/mol. The number of fused-ring (bicyclic) bond motifs is 1. The van der Waals surface area contributed by atoms with Crippen LogP contribution in [0, 0.1) is 0 Å². The van der Waals surface area contributed by atoms with E-state index in [2.05, 4.69) is 0 Å². The number of hydrogen-bond acceptors (Lipinski definition) is 4. The van der Waals surface area contributed by atoms with Crippen molar-refractivity contribution >= 4 is 22.1 Å². The SMILES string of the molecule is Nc1ccc(Oc2cc(Oc3ccc(N)cc3C(F)(F)F)c3ccccc3c2)c(C(F)(F)F)c1. The number of hydrogen-bond donors (Lipinski definition) is 2. The number of nitrogens with two attached hydrogens (primary N) is 2. The summed E-state index contributed by atoms with van der Waals surface area (Å²) in [5.41, 5.74) is 8.58. The molecule has 0 saturated heterocycles. The van der Waals surface area contributed by atoms with Crippen molar-refractivity contribution in [1.82, 2.24) is 0 Å². The summed E-state index contributed by atoms with van der Waals surface area (Å²) in [7, 11) is 0. The first-order chi connectivity index (χ1) is 15.9. The van der Waals surface area contributed by atoms with E-state index in [9.17, 15) is 26.3 Å². The molecule has 34 heavy (non-hydrogen) atoms. The Balaban J connectivity index is 1.81. The van der Waals surface area contributed by atoms with Crippen LogP contribution in [0.15, 0.2) is 72.8 Å². The molecular weight excluding hydrogens is 462 g/mol. The Hall–Kier alpha value is -4.08. The van der Waals surface area contributed by atoms with Gasteiger partial charge in [0.2, 0.25) is 0 Å². The fraction of sp³-hybridized carbons (Fsp3) is 0.0833. The molecule has 0 amide bonds. The average Bonchev–Trinajstić information content (AvgIpc) is 2.75. The number of rotatable bonds is 4. The second-order valence-corrected chi connectivity index (χ2v) is 7.35. The molecule has 0 aliphatic rings. The third-order valence-corrected chi connectivity index (χ3v) is 4.86. The van der Waals surface area contributed by atoms with Crippen LogP contribution in [0.3, 0.4) is 0 Å². The molecule has 0 radical (unpaired) electrons. The summed E-state index contributed by atoms with van der Waals surface area (Å²) in [6.07, 6.45) is -9.49. The van der Waals surface area contributed by atoms with Gasteiger partial charge in [-0.1, -0.05) is 24.3 Å². The molecule has 0 aliphatic carbocycles. The van der Waals surface area contributed by atoms with Crippen molar-refractivity contribution in [3.8, 4) is 23.0 Å². The zero-order valence-corrected chi connectivity index (χ0v) is 17.2. The maximum absolute atomic E-state index is 13.5. The van der Waals surface area contributed by atoms with E-state index >= 15 is 0 Å². The van der Waals surface area contributed by atoms with Crippen molar-refractivity contribution in [3.05, 3.63) is 83.9 Å². The van der Waals surface area contributed by atoms with Gasteiger partial charge in [0.25, 0.3) is 0 Å². The lowest BCUT2D eigenvalue weighted by Crippen LogP contribution is -2.08. The number of alkyl halides is 6. The highest BCUT2D eigenvalue weighted by Gasteiger charge is 2.36. The van der Waals surface area contributed by atoms with Crippen molar-refractivity contribution in [2.24, 2.45) is 0 Å². The van der Waals surface area contributed by atoms with Gasteiger partial charge in [-0.3, -0.25) is 0 Å². The van der Waals surface area contributed by atoms with Crippen LogP contribution in [0.2, 0.25) is 0 Å². The topological polar surface area (TPSA) is 70.5 Å². The van der Waals surface area contributed by atoms with E-state index in [-0.39, 0.29) is 22.9 Å². The first kappa shape index (κ1) is 23.1. The number of ether oxygens (including phenoxy) is 2. The summed E-state index contributed by atoms with van der Waals surface area (Å²) >= 11 is 0. The van der Waals surface area contributed by atoms with E-state index in [0.717, 1.165) is 24.3 Å². The van der Waals surface area contributed by atoms with Gasteiger partial charge in [0.1, 0.15) is 34.1 Å². The second kappa shape index (κ2) is 8.36. The summed E-state index contributed by atoms with van der Waals surface area (Å²) in [6, 6.07) is 15.3. The Labute approximate surface area is 189 Å². The van der Waals surface area contributed by atoms with E-state index in [1.165, 1.54) is 24.3 Å². The summed E-state index contributed by atoms with van der Waals surface area (Å²) in [4.78, 5) is 0. The minimum Gasteiger partial charge on any atom is -0.457 e. The van der Waals surface area contributed by atoms with Crippen LogP contribution < -0.4 is 20.9 Å². The quantitative estimate of drug-likeness (QED) is 0.234. The Morgan fingerprint density at radius 1 is 0.559 bits per heavy atom. The number of halogens is 6. The van der Waals surface area contributed by atoms with Crippen molar-refractivity contribution in [3.63, 3.8) is 0 Å². The fourth-order valence-electron chi connectivity index (χ4n) is 3.35. The zero-order chi connectivity index (χ0) is 24.7. The summed E-state index contributed by atoms with van der Waals surface area (Å²) in [5.74, 6) is -1.17. The Morgan fingerprint density at radius 2 is 1.09 bits per heavy atom. The highest BCUT2D eigenvalue weighted by molar-refractivity contribution is 5.90. The Kier molecular flexibility index (Phi) is 5.68. The summed E-state index contributed by atoms with van der Waals surface area (Å²) in [5, 5.41) is 0.899. The van der Waals surface area contributed by atoms with Crippen LogP contribution in [0.5, 0.6) is 23.0 Å². The number of nitrogen functional groups attached to an aromatic ring is 2. The predicted octanol–water partition coefficient (Wildman–Crippen LogP) is 7.63. The second-order valence-electron chi connectivity index (χ2n) is 7.35. The van der Waals surface area contributed by atoms with Gasteiger partial charge in [-0.2, -0.15) is 26.3 Å². The normalized spacial score (nSPS) is 12.1. The molecule has 4 nitrogen and oxygen atoms in total. The molecule has 0 bridgehead atoms. The van der Waals surface area contributed by atoms with Crippen LogP contribution in [0.1, 0.15) is 11.1 Å². The van der Waals surface area contributed by atoms with Gasteiger partial charge < -0.3 is 20.9 Å². The zero-order valence-electron chi connectivity index (χ0n) is 17.2. The van der Waals surface area contributed by atoms with Crippen molar-refractivity contribution in [2.75, 3.05) is 11.5 Å². The standard InChI is InChI=1S/C24H16F6N2O2/c25-23(26,27)18-10-14(31)5-7-20(18)33-16-9-13-3-1-2-4-17(13)22(12-16)34-21-8-6-15(32)11-19(21)24(28,29)30/h1-12H,31-32H2. The largest absolute Gasteiger partial charge is 0.457 e. The molecule has 10 heteroatoms. The van der Waals surface area contributed by atoms with E-state index in [1.807, 2.05) is 0 Å². The molecule has 0 unspecified atom stereocenters. The van der Waals surface area contributed by atoms with Crippen molar-refractivity contribution in [1.29, 1.82) is 0 Å². The summed E-state index contributed by atoms with van der Waals surface area (Å²) < 4.78 is 92.1. The molecule has 0 aromatic heterocycles. The van der Waals surface area contributed by atoms with Gasteiger partial charge >= 0.3 is 12.4 Å². The van der Waals surface area contributed by atoms with Crippen LogP contribution in [0.25, 0.3) is 10.8 Å². The molecular formula is C24H16F6N2O2. The highest BCUT2D eigenvalue weighted by atomic mass is 19.4. The molecule has 4 aromatic rings. The molecule has 4 rings (SSSR count). The molecule has 0 heterocycles. The van der Waals surface area contributed by atoms with E-state index in [1.54, 1.807) is 24.3 Å². The van der Waals surface area contributed by atoms with Crippen molar-refractivity contribution in [2.45, 2.75) is 12.4 Å². The predicted molar refractivity (Wildman–Crippen MR) is 116 cm³/mol. The maximum atomic E-state index is 13.5. The molecule has 0 aliphatic heterocycles. The maximum Gasteiger partial charge on any atom is 0.420 e. The van der Waals surface area contributed by atoms with Crippen molar-refractivity contribution < 1.29 is 35.8 Å². The molecule has 0 fully saturated rings. The van der Waals surface area contributed by atoms with Crippen LogP contribution >= 0.6 is 0 Å². The Bertz CT molecular complexity index is 1370. The molecule has 0 spiro atoms. The first-order valence-electron chi connectivity index (χ1n) is 9.74. The minimum absolute atomic E-state index is 0.0487. The lowest BCUT2D eigenvalue weighted by atomic mass is 10.1. The third kappa shape index (κ3) is 4.80. The van der Waals surface area contributed by atoms with Crippen LogP contribution in [-0.2, 0) is 12.4 Å². The highest BCUT2D eigenvalue weighted by Crippen LogP contribution is 2.44. The number of anilines is 2. The van der Waals surface area contributed by atoms with Gasteiger partial charge in [-0.15, -0.1) is 0 Å². The lowest BCUT2D eigenvalue weighted by molar-refractivity contribution is -0.139. The van der Waals surface area contributed by atoms with E-state index in [0.29, 0.717) is 10.8 Å². The first-order valence-corrected chi connectivity index (χ1v) is 9.74. The summed E-state index contributed by atoms with van der Waals surface area (Å²) in [6.45, 7) is 0. The van der Waals surface area contributed by atoms with Gasteiger partial charge in [-0.25, -0.2) is 0 Å². The van der Waals surface area contributed by atoms with Gasteiger partial charge in [-0.05, 0) is 47.9 Å². The van der Waals surface area contributed by atoms with Crippen LogP contribution in [-0.4, -0.2) is 0 Å². The fourth-order valence-corrected chi connectivity index (χ4v) is 3.35. The minimum atomic E-state index is -4.75. The smallest absolute Gasteiger partial charge is 0.420 e. The molecule has 4 N–H and O–H groups in total. The van der Waals surface area contributed by atoms with Gasteiger partial charge in [0.05, 0.1) is 0 Å². The third-order valence-electron chi connectivity index (χ3n) is 4.86. The van der Waals surface area contributed by atoms with Gasteiger partial charge in [0, 0.05) is 22.8 Å². The van der Waals surface area contributed by atoms with E-state index < -0.39 is 35.0 Å². The Morgan fingerprint density at radius 3 is 1.65 bits per heavy atom. The van der Waals surface area contributed by atoms with Crippen LogP contribution in [0.4, 0.5) is 37.7 Å². The molecule has 4 aromatic carbocycles. The molecule has 176 valence electrons. The molecule has 0 saturated carbocycles. The molecule has 0 atom stereocenters. The van der Waals surface area contributed by atoms with Gasteiger partial charge in [0.15, 0.2) is 0 Å².